The van der Waals surface area contributed by atoms with Crippen molar-refractivity contribution >= 4 is 11.8 Å². The molecule has 1 rings (SSSR count). The van der Waals surface area contributed by atoms with Gasteiger partial charge in [0.1, 0.15) is 6.42 Å². The standard InChI is InChI=1S/C10H9F3N2O4/c1-2-19-8(16)4-7-5(9(12)13)3-6(11)10(14-7)15(17)18/h3,9H,2,4H2,1H3. The van der Waals surface area contributed by atoms with Crippen LogP contribution in [0.1, 0.15) is 24.6 Å². The molecule has 19 heavy (non-hydrogen) atoms. The Kier molecular flexibility index (Phi) is 4.79. The van der Waals surface area contributed by atoms with Gasteiger partial charge in [0.05, 0.1) is 12.2 Å². The van der Waals surface area contributed by atoms with Crippen LogP contribution < -0.4 is 0 Å². The van der Waals surface area contributed by atoms with Gasteiger partial charge in [-0.1, -0.05) is 0 Å². The molecule has 0 aliphatic rings. The summed E-state index contributed by atoms with van der Waals surface area (Å²) in [6.45, 7) is 1.53. The van der Waals surface area contributed by atoms with Crippen molar-refractivity contribution in [3.05, 3.63) is 33.3 Å². The fraction of sp³-hybridized carbons (Fsp3) is 0.400. The molecule has 0 spiro atoms. The molecule has 104 valence electrons. The molecule has 0 aliphatic carbocycles. The Morgan fingerprint density at radius 2 is 2.21 bits per heavy atom. The lowest BCUT2D eigenvalue weighted by Crippen LogP contribution is -2.13. The first-order valence-electron chi connectivity index (χ1n) is 5.14. The van der Waals surface area contributed by atoms with Crippen molar-refractivity contribution in [2.75, 3.05) is 6.61 Å². The molecule has 0 aromatic carbocycles. The minimum Gasteiger partial charge on any atom is -0.466 e. The zero-order valence-electron chi connectivity index (χ0n) is 9.73. The van der Waals surface area contributed by atoms with E-state index in [4.69, 9.17) is 0 Å². The van der Waals surface area contributed by atoms with Crippen LogP contribution in [0.5, 0.6) is 0 Å². The minimum absolute atomic E-state index is 0.0200. The number of halogens is 3. The van der Waals surface area contributed by atoms with E-state index in [1.807, 2.05) is 0 Å². The van der Waals surface area contributed by atoms with Crippen molar-refractivity contribution in [3.63, 3.8) is 0 Å². The summed E-state index contributed by atoms with van der Waals surface area (Å²) in [5.74, 6) is -3.56. The minimum atomic E-state index is -3.10. The summed E-state index contributed by atoms with van der Waals surface area (Å²) in [6, 6.07) is 0.310. The second kappa shape index (κ2) is 6.12. The van der Waals surface area contributed by atoms with Gasteiger partial charge >= 0.3 is 11.8 Å². The molecule has 0 saturated heterocycles. The number of nitro groups is 1. The third kappa shape index (κ3) is 3.63. The van der Waals surface area contributed by atoms with Gasteiger partial charge in [-0.3, -0.25) is 4.79 Å². The predicted octanol–water partition coefficient (Wildman–Crippen LogP) is 2.17. The van der Waals surface area contributed by atoms with Crippen LogP contribution in [0.3, 0.4) is 0 Å². The molecule has 0 aliphatic heterocycles. The van der Waals surface area contributed by atoms with E-state index in [0.29, 0.717) is 6.07 Å². The Labute approximate surface area is 105 Å². The Hall–Kier alpha value is -2.19. The first-order chi connectivity index (χ1) is 8.86. The topological polar surface area (TPSA) is 82.3 Å². The molecular formula is C10H9F3N2O4. The summed E-state index contributed by atoms with van der Waals surface area (Å²) in [7, 11) is 0. The summed E-state index contributed by atoms with van der Waals surface area (Å²) in [5.41, 5.74) is -1.43. The van der Waals surface area contributed by atoms with Gasteiger partial charge in [-0.25, -0.2) is 8.78 Å². The largest absolute Gasteiger partial charge is 0.466 e. The number of carbonyl (C=O) groups is 1. The third-order valence-corrected chi connectivity index (χ3v) is 2.10. The average Bonchev–Trinajstić information content (AvgIpc) is 2.30. The lowest BCUT2D eigenvalue weighted by molar-refractivity contribution is -0.392. The number of esters is 1. The molecule has 1 aromatic heterocycles. The molecule has 1 aromatic rings. The molecule has 0 N–H and O–H groups in total. The highest BCUT2D eigenvalue weighted by atomic mass is 19.3. The van der Waals surface area contributed by atoms with Gasteiger partial charge in [-0.2, -0.15) is 4.39 Å². The van der Waals surface area contributed by atoms with Crippen molar-refractivity contribution in [2.24, 2.45) is 0 Å². The Morgan fingerprint density at radius 3 is 2.68 bits per heavy atom. The van der Waals surface area contributed by atoms with Crippen LogP contribution in [0.25, 0.3) is 0 Å². The SMILES string of the molecule is CCOC(=O)Cc1nc([N+](=O)[O-])c(F)cc1C(F)F. The Bertz CT molecular complexity index is 508. The number of ether oxygens (including phenoxy) is 1. The van der Waals surface area contributed by atoms with E-state index in [0.717, 1.165) is 0 Å². The maximum Gasteiger partial charge on any atom is 0.400 e. The Morgan fingerprint density at radius 1 is 1.58 bits per heavy atom. The zero-order valence-corrected chi connectivity index (χ0v) is 9.73. The van der Waals surface area contributed by atoms with Gasteiger partial charge in [-0.15, -0.1) is 0 Å². The van der Waals surface area contributed by atoms with E-state index < -0.39 is 46.6 Å². The maximum absolute atomic E-state index is 13.2. The second-order valence-corrected chi connectivity index (χ2v) is 3.37. The van der Waals surface area contributed by atoms with E-state index in [1.165, 1.54) is 6.92 Å². The summed E-state index contributed by atoms with van der Waals surface area (Å²) >= 11 is 0. The summed E-state index contributed by atoms with van der Waals surface area (Å²) in [4.78, 5) is 23.7. The fourth-order valence-electron chi connectivity index (χ4n) is 1.34. The molecular weight excluding hydrogens is 269 g/mol. The highest BCUT2D eigenvalue weighted by Crippen LogP contribution is 2.26. The van der Waals surface area contributed by atoms with Crippen LogP contribution in [0.2, 0.25) is 0 Å². The van der Waals surface area contributed by atoms with Crippen molar-refractivity contribution in [1.29, 1.82) is 0 Å². The smallest absolute Gasteiger partial charge is 0.400 e. The summed E-state index contributed by atoms with van der Waals surface area (Å²) in [5, 5.41) is 10.5. The summed E-state index contributed by atoms with van der Waals surface area (Å²) < 4.78 is 43.0. The molecule has 0 unspecified atom stereocenters. The van der Waals surface area contributed by atoms with Gasteiger partial charge in [-0.05, 0) is 22.9 Å². The van der Waals surface area contributed by atoms with Gasteiger partial charge in [0.15, 0.2) is 5.69 Å². The van der Waals surface area contributed by atoms with E-state index >= 15 is 0 Å². The van der Waals surface area contributed by atoms with E-state index in [1.54, 1.807) is 0 Å². The lowest BCUT2D eigenvalue weighted by atomic mass is 10.1. The third-order valence-electron chi connectivity index (χ3n) is 2.10. The molecule has 0 saturated carbocycles. The van der Waals surface area contributed by atoms with Crippen molar-refractivity contribution in [3.8, 4) is 0 Å². The number of rotatable bonds is 5. The van der Waals surface area contributed by atoms with Crippen LogP contribution in [-0.2, 0) is 16.0 Å². The van der Waals surface area contributed by atoms with Gasteiger partial charge < -0.3 is 14.9 Å². The number of hydrogen-bond acceptors (Lipinski definition) is 5. The number of aromatic nitrogens is 1. The van der Waals surface area contributed by atoms with Crippen LogP contribution in [0, 0.1) is 15.9 Å². The normalized spacial score (nSPS) is 10.6. The average molecular weight is 278 g/mol. The van der Waals surface area contributed by atoms with Crippen LogP contribution in [-0.4, -0.2) is 22.5 Å². The zero-order chi connectivity index (χ0) is 14.6. The van der Waals surface area contributed by atoms with Crippen molar-refractivity contribution in [2.45, 2.75) is 19.8 Å². The molecule has 6 nitrogen and oxygen atoms in total. The number of hydrogen-bond donors (Lipinski definition) is 0. The van der Waals surface area contributed by atoms with Crippen molar-refractivity contribution < 1.29 is 27.6 Å². The Balaban J connectivity index is 3.21. The number of pyridine rings is 1. The second-order valence-electron chi connectivity index (χ2n) is 3.37. The van der Waals surface area contributed by atoms with Crippen LogP contribution in [0.4, 0.5) is 19.0 Å². The van der Waals surface area contributed by atoms with Gasteiger partial charge in [0.2, 0.25) is 5.82 Å². The number of nitrogens with zero attached hydrogens (tertiary/aromatic N) is 2. The molecule has 0 fully saturated rings. The number of alkyl halides is 2. The van der Waals surface area contributed by atoms with E-state index in [9.17, 15) is 28.1 Å². The quantitative estimate of drug-likeness (QED) is 0.468. The summed E-state index contributed by atoms with van der Waals surface area (Å²) in [6.07, 6.45) is -3.79. The highest BCUT2D eigenvalue weighted by Gasteiger charge is 2.28. The molecule has 0 amide bonds. The molecule has 9 heteroatoms. The first-order valence-corrected chi connectivity index (χ1v) is 5.14. The lowest BCUT2D eigenvalue weighted by Gasteiger charge is -2.05. The monoisotopic (exact) mass is 278 g/mol. The van der Waals surface area contributed by atoms with Gasteiger partial charge in [0.25, 0.3) is 6.43 Å². The first kappa shape index (κ1) is 14.9. The molecule has 0 bridgehead atoms. The predicted molar refractivity (Wildman–Crippen MR) is 56.1 cm³/mol. The van der Waals surface area contributed by atoms with E-state index in [2.05, 4.69) is 9.72 Å². The highest BCUT2D eigenvalue weighted by molar-refractivity contribution is 5.72. The van der Waals surface area contributed by atoms with Gasteiger partial charge in [0, 0.05) is 0 Å². The van der Waals surface area contributed by atoms with Crippen molar-refractivity contribution in [1.82, 2.24) is 4.98 Å². The van der Waals surface area contributed by atoms with Crippen LogP contribution >= 0.6 is 0 Å². The maximum atomic E-state index is 13.2. The fourth-order valence-corrected chi connectivity index (χ4v) is 1.34. The molecule has 1 heterocycles. The van der Waals surface area contributed by atoms with Crippen LogP contribution in [0.15, 0.2) is 6.07 Å². The molecule has 0 radical (unpaired) electrons. The van der Waals surface area contributed by atoms with E-state index in [-0.39, 0.29) is 6.61 Å². The molecule has 0 atom stereocenters. The number of carbonyl (C=O) groups excluding carboxylic acids is 1.